The van der Waals surface area contributed by atoms with Crippen molar-refractivity contribution in [3.05, 3.63) is 24.3 Å². The fourth-order valence-electron chi connectivity index (χ4n) is 11.4. The largest absolute Gasteiger partial charge is 0.462 e. The van der Waals surface area contributed by atoms with Crippen LogP contribution in [0.2, 0.25) is 0 Å². The van der Waals surface area contributed by atoms with E-state index >= 15 is 0 Å². The molecule has 81 heavy (non-hydrogen) atoms. The third-order valence-corrected chi connectivity index (χ3v) is 17.0. The molecule has 6 heteroatoms. The Bertz CT molecular complexity index is 1310. The van der Waals surface area contributed by atoms with Crippen molar-refractivity contribution in [3.63, 3.8) is 0 Å². The maximum absolute atomic E-state index is 13.0. The molecule has 0 rings (SSSR count). The maximum Gasteiger partial charge on any atom is 0.306 e. The van der Waals surface area contributed by atoms with Crippen molar-refractivity contribution in [2.75, 3.05) is 13.2 Å². The van der Waals surface area contributed by atoms with Gasteiger partial charge in [0.25, 0.3) is 0 Å². The molecule has 478 valence electrons. The standard InChI is InChI=1S/C75H142O6/c1-4-7-10-13-16-19-22-25-28-31-34-36-38-41-44-47-50-53-56-59-62-65-68-74(77)80-71-72(70-79-73(76)67-64-61-58-55-52-49-46-43-40-33-30-27-24-21-18-15-12-9-6-3)81-75(78)69-66-63-60-57-54-51-48-45-42-39-37-35-32-29-26-23-20-17-14-11-8-5-2/h18,21,27,30,72H,4-17,19-20,22-26,28-29,31-71H2,1-3H3/b21-18-,30-27-. The molecule has 0 aromatic carbocycles. The van der Waals surface area contributed by atoms with Crippen LogP contribution in [0.4, 0.5) is 0 Å². The molecule has 0 bridgehead atoms. The Morgan fingerprint density at radius 2 is 0.444 bits per heavy atom. The summed E-state index contributed by atoms with van der Waals surface area (Å²) in [5.41, 5.74) is 0. The third-order valence-electron chi connectivity index (χ3n) is 17.0. The predicted molar refractivity (Wildman–Crippen MR) is 353 cm³/mol. The van der Waals surface area contributed by atoms with E-state index in [1.165, 1.54) is 315 Å². The highest BCUT2D eigenvalue weighted by Gasteiger charge is 2.20. The lowest BCUT2D eigenvalue weighted by atomic mass is 10.0. The molecule has 0 amide bonds. The Kier molecular flexibility index (Phi) is 68.5. The highest BCUT2D eigenvalue weighted by molar-refractivity contribution is 5.71. The van der Waals surface area contributed by atoms with E-state index in [1.807, 2.05) is 0 Å². The number of unbranched alkanes of at least 4 members (excludes halogenated alkanes) is 54. The number of ether oxygens (including phenoxy) is 3. The second-order valence-corrected chi connectivity index (χ2v) is 25.2. The lowest BCUT2D eigenvalue weighted by molar-refractivity contribution is -0.167. The van der Waals surface area contributed by atoms with Crippen molar-refractivity contribution < 1.29 is 28.6 Å². The quantitative estimate of drug-likeness (QED) is 0.0261. The minimum absolute atomic E-state index is 0.0654. The van der Waals surface area contributed by atoms with Gasteiger partial charge < -0.3 is 14.2 Å². The molecule has 0 aromatic heterocycles. The molecule has 0 saturated carbocycles. The van der Waals surface area contributed by atoms with Gasteiger partial charge in [0.05, 0.1) is 0 Å². The van der Waals surface area contributed by atoms with Crippen molar-refractivity contribution in [3.8, 4) is 0 Å². The summed E-state index contributed by atoms with van der Waals surface area (Å²) in [6, 6.07) is 0. The smallest absolute Gasteiger partial charge is 0.306 e. The van der Waals surface area contributed by atoms with E-state index in [9.17, 15) is 14.4 Å². The molecule has 0 N–H and O–H groups in total. The van der Waals surface area contributed by atoms with Crippen LogP contribution in [-0.4, -0.2) is 37.2 Å². The predicted octanol–water partition coefficient (Wildman–Crippen LogP) is 25.3. The van der Waals surface area contributed by atoms with Crippen LogP contribution in [0.3, 0.4) is 0 Å². The summed E-state index contributed by atoms with van der Waals surface area (Å²) in [5.74, 6) is -0.832. The molecule has 0 aromatic rings. The van der Waals surface area contributed by atoms with Crippen molar-refractivity contribution in [2.45, 2.75) is 425 Å². The topological polar surface area (TPSA) is 78.9 Å². The van der Waals surface area contributed by atoms with Crippen molar-refractivity contribution in [1.29, 1.82) is 0 Å². The molecule has 1 atom stereocenters. The van der Waals surface area contributed by atoms with Gasteiger partial charge in [-0.15, -0.1) is 0 Å². The normalized spacial score (nSPS) is 12.1. The van der Waals surface area contributed by atoms with Gasteiger partial charge in [0, 0.05) is 19.3 Å². The van der Waals surface area contributed by atoms with Gasteiger partial charge in [0.1, 0.15) is 13.2 Å². The molecule has 0 aliphatic heterocycles. The number of hydrogen-bond donors (Lipinski definition) is 0. The van der Waals surface area contributed by atoms with E-state index < -0.39 is 6.10 Å². The Morgan fingerprint density at radius 3 is 0.704 bits per heavy atom. The third kappa shape index (κ3) is 68.6. The minimum atomic E-state index is -0.770. The highest BCUT2D eigenvalue weighted by atomic mass is 16.6. The summed E-state index contributed by atoms with van der Waals surface area (Å²) in [6.07, 6.45) is 86.4. The van der Waals surface area contributed by atoms with Crippen LogP contribution in [0.15, 0.2) is 24.3 Å². The van der Waals surface area contributed by atoms with Crippen LogP contribution in [0.25, 0.3) is 0 Å². The first-order chi connectivity index (χ1) is 40.0. The highest BCUT2D eigenvalue weighted by Crippen LogP contribution is 2.19. The first kappa shape index (κ1) is 78.9. The maximum atomic E-state index is 13.0. The molecule has 0 radical (unpaired) electrons. The molecule has 0 heterocycles. The van der Waals surface area contributed by atoms with Crippen LogP contribution >= 0.6 is 0 Å². The van der Waals surface area contributed by atoms with Crippen LogP contribution in [0.5, 0.6) is 0 Å². The Hall–Kier alpha value is -2.11. The summed E-state index contributed by atoms with van der Waals surface area (Å²) in [5, 5.41) is 0. The molecule has 0 spiro atoms. The lowest BCUT2D eigenvalue weighted by Crippen LogP contribution is -2.30. The summed E-state index contributed by atoms with van der Waals surface area (Å²) >= 11 is 0. The Morgan fingerprint density at radius 1 is 0.247 bits per heavy atom. The SMILES string of the molecule is CCCCC/C=C\C/C=C\CCCCCCCCCCCC(=O)OCC(COC(=O)CCCCCCCCCCCCCCCCCCCCCCCC)OC(=O)CCCCCCCCCCCCCCCCCCCCCCCC. The molecule has 0 aliphatic rings. The lowest BCUT2D eigenvalue weighted by Gasteiger charge is -2.18. The van der Waals surface area contributed by atoms with Gasteiger partial charge in [-0.05, 0) is 51.4 Å². The molecule has 0 aliphatic carbocycles. The van der Waals surface area contributed by atoms with E-state index in [1.54, 1.807) is 0 Å². The summed E-state index contributed by atoms with van der Waals surface area (Å²) in [6.45, 7) is 6.71. The van der Waals surface area contributed by atoms with Crippen LogP contribution in [0.1, 0.15) is 419 Å². The molecule has 0 saturated heterocycles. The number of carbonyl (C=O) groups is 3. The zero-order chi connectivity index (χ0) is 58.5. The number of allylic oxidation sites excluding steroid dienone is 4. The first-order valence-corrected chi connectivity index (χ1v) is 36.8. The molecular weight excluding hydrogens is 997 g/mol. The Labute approximate surface area is 506 Å². The van der Waals surface area contributed by atoms with Crippen LogP contribution in [-0.2, 0) is 28.6 Å². The van der Waals surface area contributed by atoms with Gasteiger partial charge in [-0.25, -0.2) is 0 Å². The average molecular weight is 1140 g/mol. The zero-order valence-electron chi connectivity index (χ0n) is 55.1. The van der Waals surface area contributed by atoms with Crippen LogP contribution < -0.4 is 0 Å². The first-order valence-electron chi connectivity index (χ1n) is 36.8. The fraction of sp³-hybridized carbons (Fsp3) is 0.907. The van der Waals surface area contributed by atoms with E-state index in [0.29, 0.717) is 19.3 Å². The number of carbonyl (C=O) groups excluding carboxylic acids is 3. The monoisotopic (exact) mass is 1140 g/mol. The molecule has 0 fully saturated rings. The van der Waals surface area contributed by atoms with Gasteiger partial charge in [-0.1, -0.05) is 373 Å². The average Bonchev–Trinajstić information content (AvgIpc) is 3.47. The zero-order valence-corrected chi connectivity index (χ0v) is 55.1. The van der Waals surface area contributed by atoms with E-state index in [2.05, 4.69) is 45.1 Å². The fourth-order valence-corrected chi connectivity index (χ4v) is 11.4. The second kappa shape index (κ2) is 70.4. The van der Waals surface area contributed by atoms with Gasteiger partial charge in [0.15, 0.2) is 6.10 Å². The second-order valence-electron chi connectivity index (χ2n) is 25.2. The molecule has 1 unspecified atom stereocenters. The minimum Gasteiger partial charge on any atom is -0.462 e. The Balaban J connectivity index is 4.29. The van der Waals surface area contributed by atoms with Gasteiger partial charge in [-0.3, -0.25) is 14.4 Å². The van der Waals surface area contributed by atoms with Crippen LogP contribution in [0, 0.1) is 0 Å². The molecular formula is C75H142O6. The van der Waals surface area contributed by atoms with E-state index in [-0.39, 0.29) is 31.1 Å². The summed E-state index contributed by atoms with van der Waals surface area (Å²) in [7, 11) is 0. The van der Waals surface area contributed by atoms with Gasteiger partial charge in [0.2, 0.25) is 0 Å². The van der Waals surface area contributed by atoms with Crippen molar-refractivity contribution in [2.24, 2.45) is 0 Å². The number of esters is 3. The number of hydrogen-bond acceptors (Lipinski definition) is 6. The van der Waals surface area contributed by atoms with E-state index in [0.717, 1.165) is 64.2 Å². The van der Waals surface area contributed by atoms with Crippen molar-refractivity contribution in [1.82, 2.24) is 0 Å². The number of rotatable bonds is 69. The van der Waals surface area contributed by atoms with Gasteiger partial charge >= 0.3 is 17.9 Å². The van der Waals surface area contributed by atoms with Crippen molar-refractivity contribution >= 4 is 17.9 Å². The summed E-state index contributed by atoms with van der Waals surface area (Å²) < 4.78 is 17.0. The van der Waals surface area contributed by atoms with E-state index in [4.69, 9.17) is 14.2 Å². The van der Waals surface area contributed by atoms with Gasteiger partial charge in [-0.2, -0.15) is 0 Å². The molecule has 6 nitrogen and oxygen atoms in total. The summed E-state index contributed by atoms with van der Waals surface area (Å²) in [4.78, 5) is 38.5.